The molecular formula is C15H19ClFN. The summed E-state index contributed by atoms with van der Waals surface area (Å²) in [7, 11) is 0. The van der Waals surface area contributed by atoms with Crippen LogP contribution in [0.1, 0.15) is 32.3 Å². The van der Waals surface area contributed by atoms with E-state index in [0.29, 0.717) is 17.0 Å². The first kappa shape index (κ1) is 13.6. The maximum Gasteiger partial charge on any atom is 0.128 e. The molecule has 0 saturated carbocycles. The molecule has 0 amide bonds. The molecule has 1 aliphatic carbocycles. The van der Waals surface area contributed by atoms with E-state index in [-0.39, 0.29) is 17.3 Å². The van der Waals surface area contributed by atoms with Gasteiger partial charge in [0.05, 0.1) is 0 Å². The molecule has 0 fully saturated rings. The summed E-state index contributed by atoms with van der Waals surface area (Å²) in [5, 5.41) is 0.436. The highest BCUT2D eigenvalue weighted by atomic mass is 35.5. The van der Waals surface area contributed by atoms with E-state index in [1.807, 2.05) is 0 Å². The number of hydrogen-bond acceptors (Lipinski definition) is 1. The summed E-state index contributed by atoms with van der Waals surface area (Å²) in [4.78, 5) is 0. The summed E-state index contributed by atoms with van der Waals surface area (Å²) >= 11 is 5.75. The van der Waals surface area contributed by atoms with Crippen LogP contribution < -0.4 is 5.73 Å². The van der Waals surface area contributed by atoms with Crippen LogP contribution in [0.3, 0.4) is 0 Å². The third-order valence-corrected chi connectivity index (χ3v) is 3.61. The van der Waals surface area contributed by atoms with Crippen molar-refractivity contribution in [2.24, 2.45) is 11.1 Å². The predicted molar refractivity (Wildman–Crippen MR) is 74.2 cm³/mol. The second kappa shape index (κ2) is 5.02. The predicted octanol–water partition coefficient (Wildman–Crippen LogP) is 4.10. The Morgan fingerprint density at radius 2 is 2.17 bits per heavy atom. The second-order valence-corrected chi connectivity index (χ2v) is 6.38. The minimum atomic E-state index is -0.236. The van der Waals surface area contributed by atoms with Crippen molar-refractivity contribution >= 4 is 11.6 Å². The van der Waals surface area contributed by atoms with Crippen molar-refractivity contribution in [2.75, 3.05) is 0 Å². The van der Waals surface area contributed by atoms with Crippen molar-refractivity contribution in [3.05, 3.63) is 46.3 Å². The van der Waals surface area contributed by atoms with Crippen LogP contribution in [-0.2, 0) is 6.42 Å². The molecule has 1 aromatic carbocycles. The lowest BCUT2D eigenvalue weighted by Crippen LogP contribution is -2.31. The van der Waals surface area contributed by atoms with Crippen LogP contribution in [0.15, 0.2) is 29.8 Å². The molecule has 3 heteroatoms. The van der Waals surface area contributed by atoms with Crippen molar-refractivity contribution in [1.82, 2.24) is 0 Å². The second-order valence-electron chi connectivity index (χ2n) is 5.95. The van der Waals surface area contributed by atoms with Crippen LogP contribution in [0.25, 0.3) is 0 Å². The van der Waals surface area contributed by atoms with Crippen LogP contribution in [0.5, 0.6) is 0 Å². The molecule has 1 aliphatic rings. The van der Waals surface area contributed by atoms with Crippen LogP contribution >= 0.6 is 11.6 Å². The van der Waals surface area contributed by atoms with Gasteiger partial charge in [-0.3, -0.25) is 0 Å². The molecule has 1 atom stereocenters. The first-order valence-electron chi connectivity index (χ1n) is 6.25. The topological polar surface area (TPSA) is 26.0 Å². The van der Waals surface area contributed by atoms with E-state index in [1.165, 1.54) is 11.6 Å². The minimum Gasteiger partial charge on any atom is -0.324 e. The number of nitrogens with two attached hydrogens (primary N) is 1. The molecule has 0 spiro atoms. The van der Waals surface area contributed by atoms with E-state index < -0.39 is 0 Å². The Bertz CT molecular complexity index is 479. The molecule has 2 N–H and O–H groups in total. The molecule has 1 aromatic rings. The van der Waals surface area contributed by atoms with Gasteiger partial charge in [0.15, 0.2) is 0 Å². The van der Waals surface area contributed by atoms with Crippen molar-refractivity contribution in [2.45, 2.75) is 39.2 Å². The normalized spacial score (nSPS) is 22.7. The third-order valence-electron chi connectivity index (χ3n) is 3.38. The van der Waals surface area contributed by atoms with Gasteiger partial charge in [0.2, 0.25) is 0 Å². The van der Waals surface area contributed by atoms with Crippen LogP contribution in [0.4, 0.5) is 4.39 Å². The fourth-order valence-electron chi connectivity index (χ4n) is 2.78. The van der Waals surface area contributed by atoms with E-state index in [1.54, 1.807) is 12.1 Å². The van der Waals surface area contributed by atoms with Crippen LogP contribution in [-0.4, -0.2) is 6.04 Å². The van der Waals surface area contributed by atoms with Gasteiger partial charge < -0.3 is 5.73 Å². The minimum absolute atomic E-state index is 0.0825. The lowest BCUT2D eigenvalue weighted by atomic mass is 9.74. The summed E-state index contributed by atoms with van der Waals surface area (Å²) < 4.78 is 13.8. The van der Waals surface area contributed by atoms with Gasteiger partial charge in [0, 0.05) is 11.1 Å². The molecule has 1 nitrogen and oxygen atoms in total. The Balaban J connectivity index is 2.18. The van der Waals surface area contributed by atoms with Gasteiger partial charge in [0.1, 0.15) is 5.82 Å². The summed E-state index contributed by atoms with van der Waals surface area (Å²) in [6.45, 7) is 4.41. The highest BCUT2D eigenvalue weighted by Gasteiger charge is 2.27. The fourth-order valence-corrected chi connectivity index (χ4v) is 2.94. The average molecular weight is 268 g/mol. The largest absolute Gasteiger partial charge is 0.324 e. The smallest absolute Gasteiger partial charge is 0.128 e. The van der Waals surface area contributed by atoms with Crippen molar-refractivity contribution in [3.8, 4) is 0 Å². The van der Waals surface area contributed by atoms with E-state index in [4.69, 9.17) is 17.3 Å². The SMILES string of the molecule is CC1(C)CC(Cc2ccc(Cl)cc2F)=CC(N)C1. The molecule has 98 valence electrons. The number of allylic oxidation sites excluding steroid dienone is 1. The third kappa shape index (κ3) is 3.33. The standard InChI is InChI=1S/C15H19ClFN/c1-15(2)8-10(6-13(18)9-15)5-11-3-4-12(16)7-14(11)17/h3-4,6-7,13H,5,8-9,18H2,1-2H3. The Kier molecular flexibility index (Phi) is 3.79. The zero-order valence-electron chi connectivity index (χ0n) is 10.8. The van der Waals surface area contributed by atoms with Gasteiger partial charge in [0.25, 0.3) is 0 Å². The van der Waals surface area contributed by atoms with E-state index in [2.05, 4.69) is 19.9 Å². The molecule has 1 unspecified atom stereocenters. The van der Waals surface area contributed by atoms with E-state index >= 15 is 0 Å². The molecule has 0 bridgehead atoms. The molecule has 0 heterocycles. The quantitative estimate of drug-likeness (QED) is 0.803. The Morgan fingerprint density at radius 3 is 2.78 bits per heavy atom. The molecule has 0 radical (unpaired) electrons. The average Bonchev–Trinajstić information content (AvgIpc) is 2.19. The summed E-state index contributed by atoms with van der Waals surface area (Å²) in [5.74, 6) is -0.236. The molecule has 0 aromatic heterocycles. The maximum atomic E-state index is 13.8. The number of benzene rings is 1. The molecule has 2 rings (SSSR count). The zero-order chi connectivity index (χ0) is 13.3. The first-order chi connectivity index (χ1) is 8.35. The highest BCUT2D eigenvalue weighted by Crippen LogP contribution is 2.36. The van der Waals surface area contributed by atoms with E-state index in [9.17, 15) is 4.39 Å². The van der Waals surface area contributed by atoms with Gasteiger partial charge in [-0.05, 0) is 42.4 Å². The van der Waals surface area contributed by atoms with Gasteiger partial charge in [-0.1, -0.05) is 43.2 Å². The fraction of sp³-hybridized carbons (Fsp3) is 0.467. The Morgan fingerprint density at radius 1 is 1.44 bits per heavy atom. The van der Waals surface area contributed by atoms with Crippen molar-refractivity contribution in [1.29, 1.82) is 0 Å². The van der Waals surface area contributed by atoms with Gasteiger partial charge in [-0.15, -0.1) is 0 Å². The number of halogens is 2. The monoisotopic (exact) mass is 267 g/mol. The van der Waals surface area contributed by atoms with Crippen LogP contribution in [0.2, 0.25) is 5.02 Å². The van der Waals surface area contributed by atoms with Gasteiger partial charge in [-0.2, -0.15) is 0 Å². The Labute approximate surface area is 113 Å². The van der Waals surface area contributed by atoms with Crippen molar-refractivity contribution in [3.63, 3.8) is 0 Å². The number of rotatable bonds is 2. The van der Waals surface area contributed by atoms with E-state index in [0.717, 1.165) is 12.8 Å². The van der Waals surface area contributed by atoms with Crippen LogP contribution in [0, 0.1) is 11.2 Å². The molecule has 0 saturated heterocycles. The first-order valence-corrected chi connectivity index (χ1v) is 6.63. The highest BCUT2D eigenvalue weighted by molar-refractivity contribution is 6.30. The molecule has 0 aliphatic heterocycles. The molecular weight excluding hydrogens is 249 g/mol. The summed E-state index contributed by atoms with van der Waals surface area (Å²) in [5.41, 5.74) is 8.14. The lowest BCUT2D eigenvalue weighted by molar-refractivity contribution is 0.299. The molecule has 18 heavy (non-hydrogen) atoms. The maximum absolute atomic E-state index is 13.8. The lowest BCUT2D eigenvalue weighted by Gasteiger charge is -2.33. The summed E-state index contributed by atoms with van der Waals surface area (Å²) in [6, 6.07) is 4.94. The van der Waals surface area contributed by atoms with Gasteiger partial charge in [-0.25, -0.2) is 4.39 Å². The Hall–Kier alpha value is -0.860. The number of hydrogen-bond donors (Lipinski definition) is 1. The summed E-state index contributed by atoms with van der Waals surface area (Å²) in [6.07, 6.45) is 4.67. The van der Waals surface area contributed by atoms with Gasteiger partial charge >= 0.3 is 0 Å². The van der Waals surface area contributed by atoms with Crippen molar-refractivity contribution < 1.29 is 4.39 Å². The zero-order valence-corrected chi connectivity index (χ0v) is 11.6.